The Balaban J connectivity index is 1.69. The van der Waals surface area contributed by atoms with Gasteiger partial charge in [-0.2, -0.15) is 5.10 Å². The SMILES string of the molecule is CC[C@@H](Nc1cccc2ccccc12)C(=O)N/N=C\c1cccc(Cl)c1. The molecule has 1 amide bonds. The van der Waals surface area contributed by atoms with Crippen molar-refractivity contribution in [3.8, 4) is 0 Å². The second-order valence-corrected chi connectivity index (χ2v) is 6.36. The highest BCUT2D eigenvalue weighted by Crippen LogP contribution is 2.24. The fourth-order valence-corrected chi connectivity index (χ4v) is 2.93. The van der Waals surface area contributed by atoms with E-state index in [0.717, 1.165) is 22.0 Å². The lowest BCUT2D eigenvalue weighted by atomic mass is 10.1. The third-order valence-corrected chi connectivity index (χ3v) is 4.32. The van der Waals surface area contributed by atoms with Crippen molar-refractivity contribution in [1.29, 1.82) is 0 Å². The maximum Gasteiger partial charge on any atom is 0.262 e. The van der Waals surface area contributed by atoms with Crippen molar-refractivity contribution in [3.05, 3.63) is 77.3 Å². The standard InChI is InChI=1S/C21H20ClN3O/c1-2-19(21(26)25-23-14-15-7-5-10-17(22)13-15)24-20-12-6-9-16-8-3-4-11-18(16)20/h3-14,19,24H,2H2,1H3,(H,25,26)/b23-14-/t19-/m1/s1. The van der Waals surface area contributed by atoms with Crippen molar-refractivity contribution in [2.45, 2.75) is 19.4 Å². The molecule has 0 aliphatic rings. The monoisotopic (exact) mass is 365 g/mol. The lowest BCUT2D eigenvalue weighted by molar-refractivity contribution is -0.121. The van der Waals surface area contributed by atoms with E-state index in [9.17, 15) is 4.79 Å². The van der Waals surface area contributed by atoms with E-state index < -0.39 is 0 Å². The maximum atomic E-state index is 12.5. The Kier molecular flexibility index (Phi) is 5.87. The highest BCUT2D eigenvalue weighted by Gasteiger charge is 2.16. The third kappa shape index (κ3) is 4.41. The summed E-state index contributed by atoms with van der Waals surface area (Å²) in [6.45, 7) is 1.96. The molecule has 132 valence electrons. The number of nitrogens with zero attached hydrogens (tertiary/aromatic N) is 1. The Morgan fingerprint density at radius 1 is 1.12 bits per heavy atom. The van der Waals surface area contributed by atoms with Gasteiger partial charge in [-0.3, -0.25) is 4.79 Å². The Morgan fingerprint density at radius 2 is 1.88 bits per heavy atom. The highest BCUT2D eigenvalue weighted by atomic mass is 35.5. The van der Waals surface area contributed by atoms with Crippen molar-refractivity contribution >= 4 is 40.2 Å². The molecule has 0 bridgehead atoms. The number of anilines is 1. The molecule has 3 aromatic carbocycles. The van der Waals surface area contributed by atoms with Crippen LogP contribution in [-0.2, 0) is 4.79 Å². The van der Waals surface area contributed by atoms with Gasteiger partial charge < -0.3 is 5.32 Å². The van der Waals surface area contributed by atoms with Gasteiger partial charge in [0.2, 0.25) is 0 Å². The summed E-state index contributed by atoms with van der Waals surface area (Å²) in [6.07, 6.45) is 2.22. The average molecular weight is 366 g/mol. The third-order valence-electron chi connectivity index (χ3n) is 4.08. The van der Waals surface area contributed by atoms with Crippen molar-refractivity contribution in [1.82, 2.24) is 5.43 Å². The molecule has 0 saturated carbocycles. The number of hydrazone groups is 1. The number of rotatable bonds is 6. The number of nitrogens with one attached hydrogen (secondary N) is 2. The number of halogens is 1. The van der Waals surface area contributed by atoms with Crippen LogP contribution in [0.3, 0.4) is 0 Å². The molecular weight excluding hydrogens is 346 g/mol. The predicted octanol–water partition coefficient (Wildman–Crippen LogP) is 4.83. The smallest absolute Gasteiger partial charge is 0.262 e. The molecule has 2 N–H and O–H groups in total. The van der Waals surface area contributed by atoms with Gasteiger partial charge in [0.15, 0.2) is 0 Å². The second-order valence-electron chi connectivity index (χ2n) is 5.92. The van der Waals surface area contributed by atoms with Crippen LogP contribution >= 0.6 is 11.6 Å². The number of amides is 1. The van der Waals surface area contributed by atoms with Crippen LogP contribution in [-0.4, -0.2) is 18.2 Å². The molecule has 0 heterocycles. The van der Waals surface area contributed by atoms with Gasteiger partial charge in [0.1, 0.15) is 6.04 Å². The molecule has 0 aromatic heterocycles. The lowest BCUT2D eigenvalue weighted by Crippen LogP contribution is -2.36. The number of fused-ring (bicyclic) bond motifs is 1. The zero-order valence-corrected chi connectivity index (χ0v) is 15.2. The molecule has 1 atom stereocenters. The normalized spacial score (nSPS) is 12.2. The van der Waals surface area contributed by atoms with Crippen LogP contribution in [0.2, 0.25) is 5.02 Å². The molecule has 26 heavy (non-hydrogen) atoms. The summed E-state index contributed by atoms with van der Waals surface area (Å²) in [5, 5.41) is 10.2. The molecule has 3 rings (SSSR count). The first-order valence-corrected chi connectivity index (χ1v) is 8.88. The summed E-state index contributed by atoms with van der Waals surface area (Å²) < 4.78 is 0. The Labute approximate surface area is 157 Å². The molecule has 0 aliphatic heterocycles. The van der Waals surface area contributed by atoms with E-state index in [1.165, 1.54) is 0 Å². The minimum absolute atomic E-state index is 0.182. The van der Waals surface area contributed by atoms with Gasteiger partial charge >= 0.3 is 0 Å². The number of carbonyl (C=O) groups is 1. The molecule has 0 radical (unpaired) electrons. The van der Waals surface area contributed by atoms with Crippen molar-refractivity contribution in [3.63, 3.8) is 0 Å². The van der Waals surface area contributed by atoms with Crippen molar-refractivity contribution in [2.75, 3.05) is 5.32 Å². The van der Waals surface area contributed by atoms with E-state index in [2.05, 4.69) is 28.0 Å². The number of benzene rings is 3. The quantitative estimate of drug-likeness (QED) is 0.485. The maximum absolute atomic E-state index is 12.5. The zero-order valence-electron chi connectivity index (χ0n) is 14.4. The molecule has 4 nitrogen and oxygen atoms in total. The number of hydrogen-bond acceptors (Lipinski definition) is 3. The van der Waals surface area contributed by atoms with Crippen LogP contribution in [0.25, 0.3) is 10.8 Å². The summed E-state index contributed by atoms with van der Waals surface area (Å²) in [4.78, 5) is 12.5. The van der Waals surface area contributed by atoms with Gasteiger partial charge in [-0.05, 0) is 35.6 Å². The zero-order chi connectivity index (χ0) is 18.4. The van der Waals surface area contributed by atoms with Crippen molar-refractivity contribution < 1.29 is 4.79 Å². The van der Waals surface area contributed by atoms with Gasteiger partial charge in [0.05, 0.1) is 6.21 Å². The molecular formula is C21H20ClN3O. The van der Waals surface area contributed by atoms with Crippen LogP contribution in [0.5, 0.6) is 0 Å². The molecule has 5 heteroatoms. The summed E-state index contributed by atoms with van der Waals surface area (Å²) in [5.41, 5.74) is 4.36. The first-order chi connectivity index (χ1) is 12.7. The Hall–Kier alpha value is -2.85. The van der Waals surface area contributed by atoms with Crippen LogP contribution in [0.1, 0.15) is 18.9 Å². The summed E-state index contributed by atoms with van der Waals surface area (Å²) in [5.74, 6) is -0.182. The van der Waals surface area contributed by atoms with Crippen LogP contribution in [0, 0.1) is 0 Å². The fourth-order valence-electron chi connectivity index (χ4n) is 2.73. The minimum Gasteiger partial charge on any atom is -0.373 e. The summed E-state index contributed by atoms with van der Waals surface area (Å²) in [7, 11) is 0. The van der Waals surface area contributed by atoms with E-state index in [0.29, 0.717) is 11.4 Å². The second kappa shape index (κ2) is 8.50. The van der Waals surface area contributed by atoms with E-state index in [1.807, 2.05) is 49.4 Å². The fraction of sp³-hybridized carbons (Fsp3) is 0.143. The Bertz CT molecular complexity index is 934. The van der Waals surface area contributed by atoms with Gasteiger partial charge in [0, 0.05) is 16.1 Å². The summed E-state index contributed by atoms with van der Waals surface area (Å²) >= 11 is 5.94. The van der Waals surface area contributed by atoms with Crippen LogP contribution in [0.15, 0.2) is 71.8 Å². The van der Waals surface area contributed by atoms with Gasteiger partial charge in [-0.15, -0.1) is 0 Å². The van der Waals surface area contributed by atoms with E-state index >= 15 is 0 Å². The molecule has 0 saturated heterocycles. The van der Waals surface area contributed by atoms with Crippen LogP contribution in [0.4, 0.5) is 5.69 Å². The molecule has 3 aromatic rings. The minimum atomic E-state index is -0.377. The van der Waals surface area contributed by atoms with E-state index in [4.69, 9.17) is 11.6 Å². The summed E-state index contributed by atoms with van der Waals surface area (Å²) in [6, 6.07) is 21.0. The average Bonchev–Trinajstić information content (AvgIpc) is 2.66. The largest absolute Gasteiger partial charge is 0.373 e. The molecule has 0 spiro atoms. The molecule has 0 aliphatic carbocycles. The van der Waals surface area contributed by atoms with Gasteiger partial charge in [0.25, 0.3) is 5.91 Å². The lowest BCUT2D eigenvalue weighted by Gasteiger charge is -2.18. The molecule has 0 fully saturated rings. The first kappa shape index (κ1) is 18.0. The van der Waals surface area contributed by atoms with Crippen molar-refractivity contribution in [2.24, 2.45) is 5.10 Å². The number of carbonyl (C=O) groups excluding carboxylic acids is 1. The highest BCUT2D eigenvalue weighted by molar-refractivity contribution is 6.30. The van der Waals surface area contributed by atoms with Gasteiger partial charge in [-0.1, -0.05) is 67.1 Å². The molecule has 0 unspecified atom stereocenters. The first-order valence-electron chi connectivity index (χ1n) is 8.50. The van der Waals surface area contributed by atoms with Crippen LogP contribution < -0.4 is 10.7 Å². The van der Waals surface area contributed by atoms with Gasteiger partial charge in [-0.25, -0.2) is 5.43 Å². The number of hydrogen-bond donors (Lipinski definition) is 2. The van der Waals surface area contributed by atoms with E-state index in [1.54, 1.807) is 18.3 Å². The predicted molar refractivity (Wildman–Crippen MR) is 109 cm³/mol. The topological polar surface area (TPSA) is 53.5 Å². The van der Waals surface area contributed by atoms with E-state index in [-0.39, 0.29) is 11.9 Å². The Morgan fingerprint density at radius 3 is 2.69 bits per heavy atom.